The van der Waals surface area contributed by atoms with Gasteiger partial charge in [0.1, 0.15) is 0 Å². The van der Waals surface area contributed by atoms with Crippen LogP contribution in [0.4, 0.5) is 0 Å². The zero-order valence-corrected chi connectivity index (χ0v) is 80.3. The van der Waals surface area contributed by atoms with Gasteiger partial charge in [0, 0.05) is 44.0 Å². The van der Waals surface area contributed by atoms with Crippen LogP contribution < -0.4 is 0 Å². The highest BCUT2D eigenvalue weighted by molar-refractivity contribution is 6.15. The minimum absolute atomic E-state index is 0.485. The summed E-state index contributed by atoms with van der Waals surface area (Å²) in [7, 11) is 0. The van der Waals surface area contributed by atoms with Crippen LogP contribution in [-0.4, -0.2) is 19.1 Å². The van der Waals surface area contributed by atoms with E-state index in [0.29, 0.717) is 0 Å². The van der Waals surface area contributed by atoms with Crippen molar-refractivity contribution in [3.8, 4) is 167 Å². The number of fused-ring (bicyclic) bond motifs is 47. The van der Waals surface area contributed by atoms with Gasteiger partial charge in [0.15, 0.2) is 0 Å². The fourth-order valence-electron chi connectivity index (χ4n) is 29.4. The van der Waals surface area contributed by atoms with Crippen molar-refractivity contribution in [1.29, 1.82) is 0 Å². The van der Waals surface area contributed by atoms with Gasteiger partial charge >= 0.3 is 0 Å². The number of benzene rings is 23. The molecule has 8 aliphatic carbocycles. The molecule has 148 heavy (non-hydrogen) atoms. The number of hydrogen-bond donors (Lipinski definition) is 0. The molecule has 0 saturated heterocycles. The third kappa shape index (κ3) is 10.2. The van der Waals surface area contributed by atoms with E-state index in [9.17, 15) is 0 Å². The van der Waals surface area contributed by atoms with Crippen molar-refractivity contribution in [2.75, 3.05) is 0 Å². The Morgan fingerprint density at radius 1 is 0.128 bits per heavy atom. The molecule has 0 N–H and O–H groups in total. The normalized spacial score (nSPS) is 14.3. The Labute approximate surface area is 855 Å². The largest absolute Gasteiger partial charge is 0.309 e. The lowest BCUT2D eigenvalue weighted by molar-refractivity contribution is 0.794. The summed E-state index contributed by atoms with van der Waals surface area (Å²) in [6.07, 6.45) is 0. The van der Waals surface area contributed by atoms with Gasteiger partial charge in [0.2, 0.25) is 0 Å². The van der Waals surface area contributed by atoms with E-state index in [1.54, 1.807) is 0 Å². The van der Waals surface area contributed by atoms with Gasteiger partial charge in [-0.25, -0.2) is 9.97 Å². The van der Waals surface area contributed by atoms with Gasteiger partial charge < -0.3 is 9.13 Å². The number of hydrogen-bond acceptors (Lipinski definition) is 2. The predicted octanol–water partition coefficient (Wildman–Crippen LogP) is 35.2. The second-order valence-electron chi connectivity index (χ2n) is 41.7. The Hall–Kier alpha value is -19.0. The minimum Gasteiger partial charge on any atom is -0.309 e. The molecular formula is C144H84N4. The SMILES string of the molecule is c1ccc2c(c1)-c1ccccc1C21c2ccccc2-c2ccc(-c3ccc4c(c3)c3cc(-c5ccc6c(c5)C5(c7ccccc7-c7ccccc75)c5ccccc5-6)ccc3n4-c3ccc(-c4nc5ccccc5nc4-c4ccc(-n5c6ccc(-c7ccc8c(c7)C7(c9ccccc9-c9ccccc97)c7ccccc7-8)cc6c6cc(-c7ccc8c(c7)C7(c9ccccc9-c9ccccc97)c7ccccc7-8)ccc65)cc4)cc3)cc21. The molecule has 0 unspecified atom stereocenters. The Bertz CT molecular complexity index is 9120. The first-order valence-corrected chi connectivity index (χ1v) is 51.8. The Morgan fingerprint density at radius 3 is 0.480 bits per heavy atom. The van der Waals surface area contributed by atoms with Crippen LogP contribution in [0, 0.1) is 0 Å². The fourth-order valence-corrected chi connectivity index (χ4v) is 29.4. The van der Waals surface area contributed by atoms with Crippen molar-refractivity contribution in [2.24, 2.45) is 0 Å². The topological polar surface area (TPSA) is 35.6 Å². The van der Waals surface area contributed by atoms with Gasteiger partial charge in [0.05, 0.1) is 66.1 Å². The van der Waals surface area contributed by atoms with Crippen LogP contribution in [0.2, 0.25) is 0 Å². The van der Waals surface area contributed by atoms with Crippen LogP contribution in [0.25, 0.3) is 222 Å². The molecule has 0 atom stereocenters. The van der Waals surface area contributed by atoms with Crippen LogP contribution in [0.15, 0.2) is 510 Å². The molecule has 4 heteroatoms. The molecule has 34 rings (SSSR count). The number of nitrogens with zero attached hydrogens (tertiary/aromatic N) is 4. The van der Waals surface area contributed by atoms with Gasteiger partial charge in [-0.2, -0.15) is 0 Å². The quantitative estimate of drug-likeness (QED) is 0.152. The number of aromatic nitrogens is 4. The maximum Gasteiger partial charge on any atom is 0.0973 e. The molecule has 3 aromatic heterocycles. The van der Waals surface area contributed by atoms with E-state index in [-0.39, 0.29) is 0 Å². The first-order valence-electron chi connectivity index (χ1n) is 51.8. The van der Waals surface area contributed by atoms with Crippen molar-refractivity contribution in [1.82, 2.24) is 19.1 Å². The van der Waals surface area contributed by atoms with Crippen LogP contribution in [0.3, 0.4) is 0 Å². The van der Waals surface area contributed by atoms with E-state index in [4.69, 9.17) is 9.97 Å². The number of para-hydroxylation sites is 2. The summed E-state index contributed by atoms with van der Waals surface area (Å²) < 4.78 is 4.97. The molecule has 0 fully saturated rings. The Balaban J connectivity index is 0.519. The summed E-state index contributed by atoms with van der Waals surface area (Å²) in [5, 5.41) is 4.70. The van der Waals surface area contributed by atoms with Crippen molar-refractivity contribution in [2.45, 2.75) is 21.7 Å². The molecule has 26 aromatic rings. The van der Waals surface area contributed by atoms with Gasteiger partial charge in [-0.1, -0.05) is 400 Å². The molecule has 0 radical (unpaired) electrons. The molecule has 0 bridgehead atoms. The maximum atomic E-state index is 5.64. The van der Waals surface area contributed by atoms with Gasteiger partial charge in [0.25, 0.3) is 0 Å². The Morgan fingerprint density at radius 2 is 0.284 bits per heavy atom. The first kappa shape index (κ1) is 80.5. The lowest BCUT2D eigenvalue weighted by atomic mass is 9.70. The second-order valence-corrected chi connectivity index (χ2v) is 41.7. The van der Waals surface area contributed by atoms with E-state index >= 15 is 0 Å². The molecule has 0 saturated carbocycles. The summed E-state index contributed by atoms with van der Waals surface area (Å²) in [6, 6.07) is 194. The zero-order valence-electron chi connectivity index (χ0n) is 80.3. The Kier molecular flexibility index (Phi) is 16.0. The van der Waals surface area contributed by atoms with E-state index in [1.165, 1.54) is 222 Å². The molecular weight excluding hydrogens is 1790 g/mol. The molecule has 680 valence electrons. The summed E-state index contributed by atoms with van der Waals surface area (Å²) >= 11 is 0. The fraction of sp³-hybridized carbons (Fsp3) is 0.0278. The zero-order chi connectivity index (χ0) is 96.3. The standard InChI is InChI=1S/C144H84N4/c1-13-39-117-97(27-1)98-28-2-14-40-118(98)141(117)125-47-21-9-35-105(125)109-69-57-91(81-129(109)141)87-61-73-135-113(77-87)114-78-88(92-58-70-110-106-36-10-22-48-126(106)142(130(110)82-92)119-41-15-3-29-99(119)100-30-4-16-42-120(100)142)62-74-136(114)147(135)95-65-53-85(54-66-95)139-140(146-134-52-26-25-51-133(134)145-139)86-55-67-96(68-56-86)148-137-75-63-89(93-59-71-111-107-37-11-23-49-127(107)143(131(111)83-93)121-43-17-5-31-101(121)102-32-6-18-44-122(102)143)79-115(137)116-80-90(64-76-138(116)148)94-60-72-112-108-38-12-24-50-128(108)144(132(112)84-94)123-45-19-7-33-103(123)104-34-8-20-46-124(104)144/h1-84H. The number of rotatable bonds is 8. The van der Waals surface area contributed by atoms with Crippen molar-refractivity contribution >= 4 is 54.6 Å². The molecule has 4 spiro atoms. The van der Waals surface area contributed by atoms with Gasteiger partial charge in [-0.05, 0) is 332 Å². The van der Waals surface area contributed by atoms with Crippen LogP contribution >= 0.6 is 0 Å². The van der Waals surface area contributed by atoms with Crippen molar-refractivity contribution in [3.05, 3.63) is 599 Å². The van der Waals surface area contributed by atoms with Gasteiger partial charge in [-0.15, -0.1) is 0 Å². The summed E-state index contributed by atoms with van der Waals surface area (Å²) in [6.45, 7) is 0. The highest BCUT2D eigenvalue weighted by Gasteiger charge is 2.57. The average Bonchev–Trinajstić information content (AvgIpc) is 1.52. The molecule has 8 aliphatic rings. The third-order valence-corrected chi connectivity index (χ3v) is 35.2. The second kappa shape index (κ2) is 29.4. The van der Waals surface area contributed by atoms with E-state index < -0.39 is 21.7 Å². The highest BCUT2D eigenvalue weighted by Crippen LogP contribution is 2.69. The minimum atomic E-state index is -0.485. The lowest BCUT2D eigenvalue weighted by Crippen LogP contribution is -2.25. The smallest absolute Gasteiger partial charge is 0.0973 e. The molecule has 0 aliphatic heterocycles. The van der Waals surface area contributed by atoms with Crippen LogP contribution in [0.1, 0.15) is 89.0 Å². The van der Waals surface area contributed by atoms with E-state index in [1.807, 2.05) is 0 Å². The first-order chi connectivity index (χ1) is 73.4. The monoisotopic (exact) mass is 1870 g/mol. The maximum absolute atomic E-state index is 5.64. The lowest BCUT2D eigenvalue weighted by Gasteiger charge is -2.30. The van der Waals surface area contributed by atoms with Crippen molar-refractivity contribution < 1.29 is 0 Å². The molecule has 3 heterocycles. The van der Waals surface area contributed by atoms with E-state index in [0.717, 1.165) is 89.2 Å². The van der Waals surface area contributed by atoms with Gasteiger partial charge in [-0.3, -0.25) is 0 Å². The third-order valence-electron chi connectivity index (χ3n) is 35.2. The van der Waals surface area contributed by atoms with E-state index in [2.05, 4.69) is 519 Å². The summed E-state index contributed by atoms with van der Waals surface area (Å²) in [5.41, 5.74) is 61.2. The molecule has 4 nitrogen and oxygen atoms in total. The average molecular weight is 1870 g/mol. The van der Waals surface area contributed by atoms with Crippen LogP contribution in [-0.2, 0) is 21.7 Å². The molecule has 23 aromatic carbocycles. The van der Waals surface area contributed by atoms with Crippen LogP contribution in [0.5, 0.6) is 0 Å². The highest BCUT2D eigenvalue weighted by atomic mass is 15.0. The summed E-state index contributed by atoms with van der Waals surface area (Å²) in [4.78, 5) is 11.3. The molecule has 0 amide bonds. The summed E-state index contributed by atoms with van der Waals surface area (Å²) in [5.74, 6) is 0. The van der Waals surface area contributed by atoms with Crippen molar-refractivity contribution in [3.63, 3.8) is 0 Å². The predicted molar refractivity (Wildman–Crippen MR) is 606 cm³/mol.